The lowest BCUT2D eigenvalue weighted by Crippen LogP contribution is -2.01. The third kappa shape index (κ3) is 4.19. The van der Waals surface area contributed by atoms with Crippen LogP contribution in [-0.4, -0.2) is 17.1 Å². The molecule has 0 unspecified atom stereocenters. The van der Waals surface area contributed by atoms with Crippen LogP contribution in [0.1, 0.15) is 11.1 Å². The quantitative estimate of drug-likeness (QED) is 0.656. The molecule has 0 aliphatic heterocycles. The number of aromatic nitrogens is 2. The summed E-state index contributed by atoms with van der Waals surface area (Å²) in [7, 11) is 1.59. The van der Waals surface area contributed by atoms with Gasteiger partial charge < -0.3 is 15.4 Å². The number of hydrogen-bond donors (Lipinski definition) is 2. The van der Waals surface area contributed by atoms with E-state index in [-0.39, 0.29) is 0 Å². The maximum absolute atomic E-state index is 6.15. The number of aryl methyl sites for hydroxylation is 2. The monoisotopic (exact) mass is 354 g/mol. The molecule has 1 heterocycles. The van der Waals surface area contributed by atoms with Gasteiger partial charge in [-0.25, -0.2) is 4.98 Å². The number of hydrogen-bond acceptors (Lipinski definition) is 5. The van der Waals surface area contributed by atoms with Crippen molar-refractivity contribution in [3.8, 4) is 5.75 Å². The fourth-order valence-corrected chi connectivity index (χ4v) is 2.71. The molecule has 5 nitrogen and oxygen atoms in total. The number of nitrogens with zero attached hydrogens (tertiary/aromatic N) is 2. The van der Waals surface area contributed by atoms with E-state index in [0.29, 0.717) is 22.5 Å². The van der Waals surface area contributed by atoms with Crippen LogP contribution in [0.25, 0.3) is 0 Å². The molecule has 0 aliphatic carbocycles. The number of anilines is 4. The minimum atomic E-state index is 0.525. The molecule has 3 rings (SSSR count). The summed E-state index contributed by atoms with van der Waals surface area (Å²) in [4.78, 5) is 8.77. The number of nitrogens with one attached hydrogen (secondary N) is 2. The Balaban J connectivity index is 1.78. The Morgan fingerprint density at radius 2 is 1.84 bits per heavy atom. The van der Waals surface area contributed by atoms with E-state index in [4.69, 9.17) is 16.3 Å². The van der Waals surface area contributed by atoms with Gasteiger partial charge >= 0.3 is 0 Å². The minimum absolute atomic E-state index is 0.525. The summed E-state index contributed by atoms with van der Waals surface area (Å²) in [6.07, 6.45) is 1.70. The highest BCUT2D eigenvalue weighted by molar-refractivity contribution is 6.32. The fourth-order valence-electron chi connectivity index (χ4n) is 2.45. The molecule has 3 aromatic rings. The lowest BCUT2D eigenvalue weighted by atomic mass is 10.1. The van der Waals surface area contributed by atoms with Gasteiger partial charge in [0.1, 0.15) is 11.6 Å². The second-order valence-electron chi connectivity index (χ2n) is 5.68. The standard InChI is InChI=1S/C19H19ClN4O/c1-12-4-6-16(13(2)10-12)23-19-21-9-8-18(24-19)22-14-5-7-17(25-3)15(20)11-14/h4-11H,1-3H3,(H2,21,22,23,24). The molecule has 0 fully saturated rings. The summed E-state index contributed by atoms with van der Waals surface area (Å²) in [6, 6.07) is 13.5. The van der Waals surface area contributed by atoms with Crippen molar-refractivity contribution in [1.82, 2.24) is 9.97 Å². The first-order valence-corrected chi connectivity index (χ1v) is 8.21. The van der Waals surface area contributed by atoms with Gasteiger partial charge in [0.05, 0.1) is 12.1 Å². The first-order valence-electron chi connectivity index (χ1n) is 7.83. The van der Waals surface area contributed by atoms with Crippen LogP contribution in [0.15, 0.2) is 48.7 Å². The molecule has 0 radical (unpaired) electrons. The smallest absolute Gasteiger partial charge is 0.229 e. The molecule has 2 aromatic carbocycles. The van der Waals surface area contributed by atoms with Gasteiger partial charge in [0.2, 0.25) is 5.95 Å². The maximum Gasteiger partial charge on any atom is 0.229 e. The van der Waals surface area contributed by atoms with Gasteiger partial charge in [-0.1, -0.05) is 29.3 Å². The van der Waals surface area contributed by atoms with Gasteiger partial charge in [-0.15, -0.1) is 0 Å². The summed E-state index contributed by atoms with van der Waals surface area (Å²) in [5.74, 6) is 1.83. The average molecular weight is 355 g/mol. The van der Waals surface area contributed by atoms with Crippen LogP contribution in [-0.2, 0) is 0 Å². The molecular formula is C19H19ClN4O. The van der Waals surface area contributed by atoms with E-state index in [9.17, 15) is 0 Å². The van der Waals surface area contributed by atoms with Crippen molar-refractivity contribution in [3.63, 3.8) is 0 Å². The molecule has 25 heavy (non-hydrogen) atoms. The molecule has 0 amide bonds. The molecule has 0 atom stereocenters. The zero-order chi connectivity index (χ0) is 17.8. The number of halogens is 1. The Labute approximate surface area is 152 Å². The second kappa shape index (κ2) is 7.40. The maximum atomic E-state index is 6.15. The minimum Gasteiger partial charge on any atom is -0.495 e. The van der Waals surface area contributed by atoms with E-state index in [1.54, 1.807) is 31.5 Å². The van der Waals surface area contributed by atoms with Crippen LogP contribution in [0.4, 0.5) is 23.1 Å². The first-order chi connectivity index (χ1) is 12.0. The van der Waals surface area contributed by atoms with Gasteiger partial charge in [0.25, 0.3) is 0 Å². The van der Waals surface area contributed by atoms with Crippen molar-refractivity contribution in [3.05, 3.63) is 64.8 Å². The predicted octanol–water partition coefficient (Wildman–Crippen LogP) is 5.24. The molecule has 0 saturated carbocycles. The van der Waals surface area contributed by atoms with Crippen molar-refractivity contribution >= 4 is 34.7 Å². The number of methoxy groups -OCH3 is 1. The van der Waals surface area contributed by atoms with Gasteiger partial charge in [0.15, 0.2) is 0 Å². The van der Waals surface area contributed by atoms with Crippen LogP contribution in [0, 0.1) is 13.8 Å². The molecule has 0 saturated heterocycles. The van der Waals surface area contributed by atoms with Crippen molar-refractivity contribution in [2.24, 2.45) is 0 Å². The fraction of sp³-hybridized carbons (Fsp3) is 0.158. The summed E-state index contributed by atoms with van der Waals surface area (Å²) in [6.45, 7) is 4.12. The van der Waals surface area contributed by atoms with Crippen LogP contribution in [0.5, 0.6) is 5.75 Å². The number of benzene rings is 2. The molecule has 6 heteroatoms. The molecule has 0 aliphatic rings. The third-order valence-electron chi connectivity index (χ3n) is 3.71. The van der Waals surface area contributed by atoms with Gasteiger partial charge in [0, 0.05) is 17.6 Å². The van der Waals surface area contributed by atoms with Crippen LogP contribution in [0.3, 0.4) is 0 Å². The van der Waals surface area contributed by atoms with E-state index in [1.807, 2.05) is 12.1 Å². The van der Waals surface area contributed by atoms with Crippen molar-refractivity contribution in [2.45, 2.75) is 13.8 Å². The lowest BCUT2D eigenvalue weighted by Gasteiger charge is -2.11. The van der Waals surface area contributed by atoms with E-state index in [2.05, 4.69) is 46.6 Å². The number of ether oxygens (including phenoxy) is 1. The zero-order valence-electron chi connectivity index (χ0n) is 14.3. The van der Waals surface area contributed by atoms with Gasteiger partial charge in [-0.3, -0.25) is 0 Å². The Kier molecular flexibility index (Phi) is 5.05. The lowest BCUT2D eigenvalue weighted by molar-refractivity contribution is 0.415. The number of rotatable bonds is 5. The highest BCUT2D eigenvalue weighted by Gasteiger charge is 2.05. The normalized spacial score (nSPS) is 10.4. The summed E-state index contributed by atoms with van der Waals surface area (Å²) in [5, 5.41) is 7.00. The molecule has 2 N–H and O–H groups in total. The first kappa shape index (κ1) is 17.0. The highest BCUT2D eigenvalue weighted by atomic mass is 35.5. The average Bonchev–Trinajstić information content (AvgIpc) is 2.58. The van der Waals surface area contributed by atoms with Crippen LogP contribution >= 0.6 is 11.6 Å². The SMILES string of the molecule is COc1ccc(Nc2ccnc(Nc3ccc(C)cc3C)n2)cc1Cl. The van der Waals surface area contributed by atoms with Crippen molar-refractivity contribution in [2.75, 3.05) is 17.7 Å². The third-order valence-corrected chi connectivity index (χ3v) is 4.00. The van der Waals surface area contributed by atoms with Crippen LogP contribution in [0.2, 0.25) is 5.02 Å². The summed E-state index contributed by atoms with van der Waals surface area (Å²) < 4.78 is 5.16. The van der Waals surface area contributed by atoms with E-state index in [0.717, 1.165) is 16.9 Å². The zero-order valence-corrected chi connectivity index (χ0v) is 15.1. The molecule has 1 aromatic heterocycles. The van der Waals surface area contributed by atoms with E-state index >= 15 is 0 Å². The van der Waals surface area contributed by atoms with Crippen molar-refractivity contribution < 1.29 is 4.74 Å². The van der Waals surface area contributed by atoms with E-state index < -0.39 is 0 Å². The Morgan fingerprint density at radius 3 is 2.56 bits per heavy atom. The van der Waals surface area contributed by atoms with Gasteiger partial charge in [-0.05, 0) is 49.7 Å². The van der Waals surface area contributed by atoms with Crippen LogP contribution < -0.4 is 15.4 Å². The summed E-state index contributed by atoms with van der Waals surface area (Å²) in [5.41, 5.74) is 4.16. The summed E-state index contributed by atoms with van der Waals surface area (Å²) >= 11 is 6.15. The molecule has 0 spiro atoms. The molecule has 128 valence electrons. The van der Waals surface area contributed by atoms with Gasteiger partial charge in [-0.2, -0.15) is 4.98 Å². The highest BCUT2D eigenvalue weighted by Crippen LogP contribution is 2.28. The van der Waals surface area contributed by atoms with E-state index in [1.165, 1.54) is 5.56 Å². The Bertz CT molecular complexity index is 898. The largest absolute Gasteiger partial charge is 0.495 e. The Morgan fingerprint density at radius 1 is 1.00 bits per heavy atom. The van der Waals surface area contributed by atoms with Crippen molar-refractivity contribution in [1.29, 1.82) is 0 Å². The molecular weight excluding hydrogens is 336 g/mol. The second-order valence-corrected chi connectivity index (χ2v) is 6.09. The predicted molar refractivity (Wildman–Crippen MR) is 103 cm³/mol. The topological polar surface area (TPSA) is 59.1 Å². The Hall–Kier alpha value is -2.79. The molecule has 0 bridgehead atoms.